The van der Waals surface area contributed by atoms with Gasteiger partial charge in [-0.3, -0.25) is 10.1 Å². The van der Waals surface area contributed by atoms with Crippen molar-refractivity contribution in [3.8, 4) is 23.0 Å². The van der Waals surface area contributed by atoms with Crippen LogP contribution in [0.25, 0.3) is 39.6 Å². The number of non-ortho nitro benzene ring substituents is 1. The minimum atomic E-state index is -0.536. The molecule has 5 rings (SSSR count). The van der Waals surface area contributed by atoms with Gasteiger partial charge in [-0.25, -0.2) is 9.78 Å². The van der Waals surface area contributed by atoms with Gasteiger partial charge in [0.15, 0.2) is 0 Å². The molecule has 0 spiro atoms. The second-order valence-electron chi connectivity index (χ2n) is 7.41. The van der Waals surface area contributed by atoms with E-state index in [9.17, 15) is 20.2 Å². The van der Waals surface area contributed by atoms with Crippen LogP contribution in [0, 0.1) is 21.4 Å². The van der Waals surface area contributed by atoms with Crippen molar-refractivity contribution in [1.29, 1.82) is 5.26 Å². The summed E-state index contributed by atoms with van der Waals surface area (Å²) in [5, 5.41) is 24.0. The molecule has 3 aromatic heterocycles. The van der Waals surface area contributed by atoms with Gasteiger partial charge < -0.3 is 8.98 Å². The second kappa shape index (κ2) is 9.02. The number of hydrogen-bond donors (Lipinski definition) is 0. The van der Waals surface area contributed by atoms with Crippen molar-refractivity contribution in [3.05, 3.63) is 108 Å². The maximum absolute atomic E-state index is 12.5. The Balaban J connectivity index is 1.51. The minimum Gasteiger partial charge on any atom is -0.422 e. The topological polar surface area (TPSA) is 115 Å². The van der Waals surface area contributed by atoms with E-state index in [0.717, 1.165) is 0 Å². The largest absolute Gasteiger partial charge is 0.422 e. The molecule has 0 atom stereocenters. The summed E-state index contributed by atoms with van der Waals surface area (Å²) in [5.41, 5.74) is 2.24. The molecule has 3 heterocycles. The highest BCUT2D eigenvalue weighted by atomic mass is 35.5. The van der Waals surface area contributed by atoms with E-state index in [1.165, 1.54) is 23.5 Å². The molecule has 0 N–H and O–H groups in total. The third-order valence-corrected chi connectivity index (χ3v) is 6.35. The molecule has 2 aromatic carbocycles. The van der Waals surface area contributed by atoms with Crippen LogP contribution >= 0.6 is 22.9 Å². The van der Waals surface area contributed by atoms with Gasteiger partial charge in [0.05, 0.1) is 21.8 Å². The van der Waals surface area contributed by atoms with Crippen molar-refractivity contribution in [3.63, 3.8) is 0 Å². The highest BCUT2D eigenvalue weighted by Crippen LogP contribution is 2.29. The second-order valence-corrected chi connectivity index (χ2v) is 8.71. The lowest BCUT2D eigenvalue weighted by Gasteiger charge is -2.06. The summed E-state index contributed by atoms with van der Waals surface area (Å²) >= 11 is 7.29. The number of nitriles is 1. The van der Waals surface area contributed by atoms with Gasteiger partial charge in [-0.05, 0) is 54.6 Å². The fraction of sp³-hybridized carbons (Fsp3) is 0. The molecule has 10 heteroatoms. The minimum absolute atomic E-state index is 0.00790. The molecule has 35 heavy (non-hydrogen) atoms. The molecule has 170 valence electrons. The Bertz CT molecular complexity index is 1730. The van der Waals surface area contributed by atoms with Crippen LogP contribution in [-0.2, 0) is 0 Å². The molecule has 0 amide bonds. The number of fused-ring (bicyclic) bond motifs is 1. The number of aromatic nitrogens is 2. The monoisotopic (exact) mass is 500 g/mol. The van der Waals surface area contributed by atoms with E-state index < -0.39 is 10.5 Å². The first-order chi connectivity index (χ1) is 16.9. The number of thiazole rings is 1. The quantitative estimate of drug-likeness (QED) is 0.120. The van der Waals surface area contributed by atoms with Gasteiger partial charge in [-0.2, -0.15) is 5.26 Å². The lowest BCUT2D eigenvalue weighted by molar-refractivity contribution is -0.384. The molecule has 0 saturated carbocycles. The highest BCUT2D eigenvalue weighted by Gasteiger charge is 2.15. The predicted octanol–water partition coefficient (Wildman–Crippen LogP) is 6.33. The maximum Gasteiger partial charge on any atom is 0.345 e. The Morgan fingerprint density at radius 3 is 2.74 bits per heavy atom. The average Bonchev–Trinajstić information content (AvgIpc) is 3.52. The molecule has 0 fully saturated rings. The van der Waals surface area contributed by atoms with Gasteiger partial charge in [0, 0.05) is 45.5 Å². The number of allylic oxidation sites excluding steroid dienone is 1. The van der Waals surface area contributed by atoms with E-state index in [0.29, 0.717) is 43.6 Å². The van der Waals surface area contributed by atoms with Crippen molar-refractivity contribution in [2.45, 2.75) is 0 Å². The Labute approximate surface area is 206 Å². The standard InChI is InChI=1S/C25H13ClN4O4S/c26-17-3-8-23-15(10-17)12-21(25(31)34-23)22-14-35-24(28-22)16(13-27)11-20-2-1-9-29(20)18-4-6-19(7-5-18)30(32)33/h1-12,14H/b16-11+. The summed E-state index contributed by atoms with van der Waals surface area (Å²) in [6, 6.07) is 18.5. The van der Waals surface area contributed by atoms with Crippen LogP contribution < -0.4 is 5.63 Å². The molecule has 0 radical (unpaired) electrons. The van der Waals surface area contributed by atoms with Crippen molar-refractivity contribution in [2.24, 2.45) is 0 Å². The number of benzene rings is 2. The molecule has 0 aliphatic carbocycles. The fourth-order valence-electron chi connectivity index (χ4n) is 3.57. The van der Waals surface area contributed by atoms with Crippen LogP contribution in [0.15, 0.2) is 81.5 Å². The number of hydrogen-bond acceptors (Lipinski definition) is 7. The van der Waals surface area contributed by atoms with Gasteiger partial charge >= 0.3 is 5.63 Å². The first-order valence-electron chi connectivity index (χ1n) is 10.2. The smallest absolute Gasteiger partial charge is 0.345 e. The van der Waals surface area contributed by atoms with Crippen LogP contribution in [0.4, 0.5) is 5.69 Å². The van der Waals surface area contributed by atoms with Crippen molar-refractivity contribution in [2.75, 3.05) is 0 Å². The van der Waals surface area contributed by atoms with Crippen LogP contribution in [0.5, 0.6) is 0 Å². The highest BCUT2D eigenvalue weighted by molar-refractivity contribution is 7.11. The SMILES string of the molecule is N#C/C(=C\c1cccn1-c1ccc([N+](=O)[O-])cc1)c1nc(-c2cc3cc(Cl)ccc3oc2=O)cs1. The lowest BCUT2D eigenvalue weighted by Crippen LogP contribution is -2.03. The number of nitro groups is 1. The molecular weight excluding hydrogens is 488 g/mol. The van der Waals surface area contributed by atoms with E-state index >= 15 is 0 Å². The molecule has 0 unspecified atom stereocenters. The first kappa shape index (κ1) is 22.3. The molecule has 8 nitrogen and oxygen atoms in total. The summed E-state index contributed by atoms with van der Waals surface area (Å²) in [6.45, 7) is 0. The Morgan fingerprint density at radius 2 is 2.00 bits per heavy atom. The average molecular weight is 501 g/mol. The zero-order valence-corrected chi connectivity index (χ0v) is 19.3. The van der Waals surface area contributed by atoms with Crippen LogP contribution in [0.1, 0.15) is 10.7 Å². The van der Waals surface area contributed by atoms with E-state index in [1.807, 2.05) is 6.07 Å². The van der Waals surface area contributed by atoms with Crippen molar-refractivity contribution < 1.29 is 9.34 Å². The van der Waals surface area contributed by atoms with Crippen LogP contribution in [0.3, 0.4) is 0 Å². The molecular formula is C25H13ClN4O4S. The van der Waals surface area contributed by atoms with Gasteiger partial charge in [0.2, 0.25) is 0 Å². The van der Waals surface area contributed by atoms with Gasteiger partial charge in [0.25, 0.3) is 5.69 Å². The summed E-state index contributed by atoms with van der Waals surface area (Å²) < 4.78 is 7.20. The zero-order valence-electron chi connectivity index (χ0n) is 17.7. The third kappa shape index (κ3) is 4.36. The molecule has 0 aliphatic heterocycles. The van der Waals surface area contributed by atoms with Gasteiger partial charge in [-0.15, -0.1) is 11.3 Å². The molecule has 5 aromatic rings. The fourth-order valence-corrected chi connectivity index (χ4v) is 4.53. The normalized spacial score (nSPS) is 11.5. The first-order valence-corrected chi connectivity index (χ1v) is 11.4. The van der Waals surface area contributed by atoms with Crippen molar-refractivity contribution >= 4 is 51.2 Å². The number of rotatable bonds is 5. The summed E-state index contributed by atoms with van der Waals surface area (Å²) in [7, 11) is 0. The van der Waals surface area contributed by atoms with Crippen LogP contribution in [0.2, 0.25) is 5.02 Å². The van der Waals surface area contributed by atoms with Gasteiger partial charge in [0.1, 0.15) is 16.7 Å². The Morgan fingerprint density at radius 1 is 1.20 bits per heavy atom. The molecule has 0 aliphatic rings. The number of halogens is 1. The predicted molar refractivity (Wildman–Crippen MR) is 135 cm³/mol. The summed E-state index contributed by atoms with van der Waals surface area (Å²) in [4.78, 5) is 27.5. The zero-order chi connectivity index (χ0) is 24.5. The van der Waals surface area contributed by atoms with Crippen LogP contribution in [-0.4, -0.2) is 14.5 Å². The van der Waals surface area contributed by atoms with E-state index in [1.54, 1.807) is 64.7 Å². The Kier molecular flexibility index (Phi) is 5.74. The van der Waals surface area contributed by atoms with E-state index in [-0.39, 0.29) is 11.3 Å². The molecule has 0 bridgehead atoms. The lowest BCUT2D eigenvalue weighted by atomic mass is 10.1. The summed E-state index contributed by atoms with van der Waals surface area (Å²) in [5.74, 6) is 0. The third-order valence-electron chi connectivity index (χ3n) is 5.24. The number of nitrogens with zero attached hydrogens (tertiary/aromatic N) is 4. The van der Waals surface area contributed by atoms with Gasteiger partial charge in [-0.1, -0.05) is 11.6 Å². The summed E-state index contributed by atoms with van der Waals surface area (Å²) in [6.07, 6.45) is 3.47. The van der Waals surface area contributed by atoms with E-state index in [4.69, 9.17) is 16.0 Å². The van der Waals surface area contributed by atoms with Crippen molar-refractivity contribution in [1.82, 2.24) is 9.55 Å². The Hall–Kier alpha value is -4.52. The molecule has 0 saturated heterocycles. The maximum atomic E-state index is 12.5. The number of nitro benzene ring substituents is 1. The van der Waals surface area contributed by atoms with E-state index in [2.05, 4.69) is 11.1 Å².